The average molecular weight is 300 g/mol. The number of ketones is 1. The molecule has 0 unspecified atom stereocenters. The molecule has 0 spiro atoms. The minimum atomic E-state index is -0.420. The molecule has 0 radical (unpaired) electrons. The SMILES string of the molecule is CSCCN1C(=O)C(=O)c2cccc(Br)c21. The number of para-hydroxylation sites is 1. The van der Waals surface area contributed by atoms with E-state index in [4.69, 9.17) is 0 Å². The number of Topliss-reactive ketones (excluding diaryl/α,β-unsaturated/α-hetero) is 1. The number of hydrogen-bond donors (Lipinski definition) is 0. The van der Waals surface area contributed by atoms with Gasteiger partial charge in [-0.1, -0.05) is 6.07 Å². The lowest BCUT2D eigenvalue weighted by Gasteiger charge is -2.16. The highest BCUT2D eigenvalue weighted by Gasteiger charge is 2.36. The maximum Gasteiger partial charge on any atom is 0.299 e. The van der Waals surface area contributed by atoms with Crippen molar-refractivity contribution in [1.82, 2.24) is 0 Å². The second-order valence-corrected chi connectivity index (χ2v) is 5.25. The maximum atomic E-state index is 11.8. The van der Waals surface area contributed by atoms with Gasteiger partial charge in [-0.2, -0.15) is 11.8 Å². The maximum absolute atomic E-state index is 11.8. The van der Waals surface area contributed by atoms with Gasteiger partial charge in [-0.3, -0.25) is 9.59 Å². The van der Waals surface area contributed by atoms with Crippen LogP contribution in [-0.2, 0) is 4.79 Å². The van der Waals surface area contributed by atoms with Gasteiger partial charge in [0.05, 0.1) is 11.3 Å². The predicted molar refractivity (Wildman–Crippen MR) is 69.2 cm³/mol. The lowest BCUT2D eigenvalue weighted by atomic mass is 10.1. The van der Waals surface area contributed by atoms with E-state index in [1.165, 1.54) is 0 Å². The third-order valence-electron chi connectivity index (χ3n) is 2.46. The molecule has 0 atom stereocenters. The van der Waals surface area contributed by atoms with E-state index in [-0.39, 0.29) is 0 Å². The van der Waals surface area contributed by atoms with E-state index in [0.29, 0.717) is 17.8 Å². The molecule has 1 amide bonds. The first kappa shape index (κ1) is 11.7. The Morgan fingerprint density at radius 2 is 2.12 bits per heavy atom. The number of benzene rings is 1. The molecule has 0 N–H and O–H groups in total. The number of nitrogens with zero attached hydrogens (tertiary/aromatic N) is 1. The fourth-order valence-corrected chi connectivity index (χ4v) is 2.65. The molecule has 0 aliphatic carbocycles. The summed E-state index contributed by atoms with van der Waals surface area (Å²) in [6.07, 6.45) is 1.98. The van der Waals surface area contributed by atoms with Crippen LogP contribution < -0.4 is 4.90 Å². The zero-order valence-corrected chi connectivity index (χ0v) is 11.1. The van der Waals surface area contributed by atoms with Crippen molar-refractivity contribution in [3.05, 3.63) is 28.2 Å². The summed E-state index contributed by atoms with van der Waals surface area (Å²) in [6, 6.07) is 5.31. The summed E-state index contributed by atoms with van der Waals surface area (Å²) < 4.78 is 0.797. The number of halogens is 1. The summed E-state index contributed by atoms with van der Waals surface area (Å²) in [5, 5.41) is 0. The molecule has 1 aliphatic rings. The molecule has 2 rings (SSSR count). The highest BCUT2D eigenvalue weighted by atomic mass is 79.9. The van der Waals surface area contributed by atoms with Crippen LogP contribution in [0.2, 0.25) is 0 Å². The van der Waals surface area contributed by atoms with E-state index < -0.39 is 11.7 Å². The van der Waals surface area contributed by atoms with Gasteiger partial charge < -0.3 is 4.90 Å². The monoisotopic (exact) mass is 299 g/mol. The number of anilines is 1. The Hall–Kier alpha value is -0.810. The standard InChI is InChI=1S/C11H10BrNO2S/c1-16-6-5-13-9-7(10(14)11(13)15)3-2-4-8(9)12/h2-4H,5-6H2,1H3. The lowest BCUT2D eigenvalue weighted by molar-refractivity contribution is -0.114. The van der Waals surface area contributed by atoms with Crippen molar-refractivity contribution >= 4 is 45.1 Å². The summed E-state index contributed by atoms with van der Waals surface area (Å²) in [5.41, 5.74) is 1.21. The molecule has 0 saturated heterocycles. The molecule has 16 heavy (non-hydrogen) atoms. The second-order valence-electron chi connectivity index (χ2n) is 3.41. The van der Waals surface area contributed by atoms with E-state index in [1.807, 2.05) is 12.3 Å². The van der Waals surface area contributed by atoms with Crippen LogP contribution >= 0.6 is 27.7 Å². The highest BCUT2D eigenvalue weighted by molar-refractivity contribution is 9.10. The Bertz CT molecular complexity index is 461. The smallest absolute Gasteiger partial charge is 0.299 e. The number of hydrogen-bond acceptors (Lipinski definition) is 3. The first-order valence-electron chi connectivity index (χ1n) is 4.80. The lowest BCUT2D eigenvalue weighted by Crippen LogP contribution is -2.31. The quantitative estimate of drug-likeness (QED) is 0.804. The molecule has 1 aromatic carbocycles. The van der Waals surface area contributed by atoms with Gasteiger partial charge in [0.25, 0.3) is 11.7 Å². The Labute approximate surface area is 106 Å². The summed E-state index contributed by atoms with van der Waals surface area (Å²) in [6.45, 7) is 0.571. The molecule has 1 heterocycles. The summed E-state index contributed by atoms with van der Waals surface area (Å²) in [4.78, 5) is 25.0. The van der Waals surface area contributed by atoms with Gasteiger partial charge in [-0.25, -0.2) is 0 Å². The Morgan fingerprint density at radius 1 is 1.38 bits per heavy atom. The van der Waals surface area contributed by atoms with Crippen molar-refractivity contribution in [2.45, 2.75) is 0 Å². The van der Waals surface area contributed by atoms with E-state index in [2.05, 4.69) is 15.9 Å². The second kappa shape index (κ2) is 4.59. The molecular weight excluding hydrogens is 290 g/mol. The fraction of sp³-hybridized carbons (Fsp3) is 0.273. The first-order chi connectivity index (χ1) is 7.66. The van der Waals surface area contributed by atoms with Crippen molar-refractivity contribution in [3.8, 4) is 0 Å². The third-order valence-corrected chi connectivity index (χ3v) is 3.69. The molecule has 84 valence electrons. The minimum Gasteiger partial charge on any atom is -0.303 e. The van der Waals surface area contributed by atoms with Crippen LogP contribution in [0, 0.1) is 0 Å². The minimum absolute atomic E-state index is 0.405. The molecule has 1 aromatic rings. The van der Waals surface area contributed by atoms with Crippen LogP contribution in [0.1, 0.15) is 10.4 Å². The van der Waals surface area contributed by atoms with Crippen LogP contribution in [0.25, 0.3) is 0 Å². The van der Waals surface area contributed by atoms with Crippen molar-refractivity contribution in [2.75, 3.05) is 23.5 Å². The van der Waals surface area contributed by atoms with Crippen LogP contribution in [0.15, 0.2) is 22.7 Å². The topological polar surface area (TPSA) is 37.4 Å². The van der Waals surface area contributed by atoms with E-state index >= 15 is 0 Å². The third kappa shape index (κ3) is 1.78. The largest absolute Gasteiger partial charge is 0.303 e. The number of fused-ring (bicyclic) bond motifs is 1. The van der Waals surface area contributed by atoms with E-state index in [9.17, 15) is 9.59 Å². The zero-order chi connectivity index (χ0) is 11.7. The molecule has 1 aliphatic heterocycles. The van der Waals surface area contributed by atoms with Gasteiger partial charge >= 0.3 is 0 Å². The van der Waals surface area contributed by atoms with Gasteiger partial charge in [0, 0.05) is 16.8 Å². The van der Waals surface area contributed by atoms with E-state index in [1.54, 1.807) is 28.8 Å². The van der Waals surface area contributed by atoms with Crippen molar-refractivity contribution in [2.24, 2.45) is 0 Å². The van der Waals surface area contributed by atoms with E-state index in [0.717, 1.165) is 10.2 Å². The Morgan fingerprint density at radius 3 is 2.81 bits per heavy atom. The molecule has 0 fully saturated rings. The van der Waals surface area contributed by atoms with Crippen LogP contribution in [0.5, 0.6) is 0 Å². The van der Waals surface area contributed by atoms with Gasteiger partial charge in [0.2, 0.25) is 0 Å². The molecule has 0 aromatic heterocycles. The van der Waals surface area contributed by atoms with Crippen molar-refractivity contribution in [3.63, 3.8) is 0 Å². The fourth-order valence-electron chi connectivity index (χ4n) is 1.71. The van der Waals surface area contributed by atoms with Gasteiger partial charge in [0.15, 0.2) is 0 Å². The van der Waals surface area contributed by atoms with Gasteiger partial charge in [-0.15, -0.1) is 0 Å². The Kier molecular flexibility index (Phi) is 3.35. The van der Waals surface area contributed by atoms with Crippen molar-refractivity contribution < 1.29 is 9.59 Å². The first-order valence-corrected chi connectivity index (χ1v) is 6.99. The summed E-state index contributed by atoms with van der Waals surface area (Å²) in [7, 11) is 0. The summed E-state index contributed by atoms with van der Waals surface area (Å²) >= 11 is 5.03. The summed E-state index contributed by atoms with van der Waals surface area (Å²) in [5.74, 6) is -0.00636. The number of carbonyl (C=O) groups is 2. The Balaban J connectivity index is 2.43. The van der Waals surface area contributed by atoms with Crippen LogP contribution in [0.4, 0.5) is 5.69 Å². The predicted octanol–water partition coefficient (Wildman–Crippen LogP) is 2.34. The molecular formula is C11H10BrNO2S. The van der Waals surface area contributed by atoms with Gasteiger partial charge in [-0.05, 0) is 34.3 Å². The molecule has 3 nitrogen and oxygen atoms in total. The van der Waals surface area contributed by atoms with Gasteiger partial charge in [0.1, 0.15) is 0 Å². The molecule has 0 bridgehead atoms. The molecule has 0 saturated carbocycles. The molecule has 5 heteroatoms. The number of thioether (sulfide) groups is 1. The average Bonchev–Trinajstić information content (AvgIpc) is 2.52. The van der Waals surface area contributed by atoms with Crippen LogP contribution in [0.3, 0.4) is 0 Å². The number of carbonyl (C=O) groups excluding carboxylic acids is 2. The highest BCUT2D eigenvalue weighted by Crippen LogP contribution is 2.35. The number of amides is 1. The zero-order valence-electron chi connectivity index (χ0n) is 8.70. The normalized spacial score (nSPS) is 14.5. The van der Waals surface area contributed by atoms with Crippen molar-refractivity contribution in [1.29, 1.82) is 0 Å². The van der Waals surface area contributed by atoms with Crippen LogP contribution in [-0.4, -0.2) is 30.2 Å². The number of rotatable bonds is 3.